The number of hydrogen-bond donors (Lipinski definition) is 1. The second-order valence-corrected chi connectivity index (χ2v) is 5.83. The molecule has 0 aliphatic rings. The number of halogens is 1. The highest BCUT2D eigenvalue weighted by Gasteiger charge is 2.12. The molecule has 0 spiro atoms. The molecule has 5 nitrogen and oxygen atoms in total. The molecule has 0 bridgehead atoms. The molecule has 0 unspecified atom stereocenters. The molecule has 0 fully saturated rings. The number of thiazole rings is 1. The highest BCUT2D eigenvalue weighted by atomic mass is 35.5. The van der Waals surface area contributed by atoms with Crippen molar-refractivity contribution < 1.29 is 4.79 Å². The van der Waals surface area contributed by atoms with Gasteiger partial charge < -0.3 is 5.73 Å². The quantitative estimate of drug-likeness (QED) is 0.890. The third-order valence-corrected chi connectivity index (χ3v) is 4.35. The average molecular weight is 334 g/mol. The summed E-state index contributed by atoms with van der Waals surface area (Å²) in [5.41, 5.74) is 5.53. The zero-order valence-electron chi connectivity index (χ0n) is 11.7. The summed E-state index contributed by atoms with van der Waals surface area (Å²) >= 11 is 6.90. The minimum atomic E-state index is -0.844. The lowest BCUT2D eigenvalue weighted by molar-refractivity contribution is -0.112. The summed E-state index contributed by atoms with van der Waals surface area (Å²) < 4.78 is 2.08. The Bertz CT molecular complexity index is 933. The second kappa shape index (κ2) is 6.60. The van der Waals surface area contributed by atoms with Crippen LogP contribution in [0.15, 0.2) is 29.1 Å². The van der Waals surface area contributed by atoms with Gasteiger partial charge in [-0.15, -0.1) is 11.3 Å². The minimum Gasteiger partial charge on any atom is -0.365 e. The lowest BCUT2D eigenvalue weighted by atomic mass is 10.2. The third kappa shape index (κ3) is 3.11. The molecule has 1 heterocycles. The van der Waals surface area contributed by atoms with E-state index in [2.05, 4.69) is 0 Å². The first-order chi connectivity index (χ1) is 10.5. The van der Waals surface area contributed by atoms with Gasteiger partial charge in [-0.1, -0.05) is 23.7 Å². The molecule has 112 valence electrons. The van der Waals surface area contributed by atoms with Gasteiger partial charge in [-0.2, -0.15) is 5.26 Å². The summed E-state index contributed by atoms with van der Waals surface area (Å²) in [7, 11) is 0. The van der Waals surface area contributed by atoms with E-state index in [1.807, 2.05) is 0 Å². The number of carbonyl (C=O) groups is 1. The highest BCUT2D eigenvalue weighted by molar-refractivity contribution is 7.07. The zero-order valence-corrected chi connectivity index (χ0v) is 13.2. The highest BCUT2D eigenvalue weighted by Crippen LogP contribution is 2.09. The molecular formula is C15H12ClN3O2S. The van der Waals surface area contributed by atoms with Crippen molar-refractivity contribution in [2.75, 3.05) is 0 Å². The van der Waals surface area contributed by atoms with E-state index >= 15 is 0 Å². The number of nitriles is 1. The number of nitrogens with two attached hydrogens (primary N) is 1. The van der Waals surface area contributed by atoms with Crippen LogP contribution in [0.1, 0.15) is 12.5 Å². The summed E-state index contributed by atoms with van der Waals surface area (Å²) in [6.07, 6.45) is 1.69. The van der Waals surface area contributed by atoms with E-state index in [0.29, 0.717) is 16.1 Å². The van der Waals surface area contributed by atoms with Crippen molar-refractivity contribution in [3.05, 3.63) is 54.4 Å². The molecule has 0 saturated carbocycles. The number of rotatable bonds is 3. The van der Waals surface area contributed by atoms with Crippen LogP contribution in [-0.4, -0.2) is 10.5 Å². The monoisotopic (exact) mass is 333 g/mol. The van der Waals surface area contributed by atoms with E-state index in [-0.39, 0.29) is 15.8 Å². The lowest BCUT2D eigenvalue weighted by Gasteiger charge is -1.95. The molecule has 1 amide bonds. The van der Waals surface area contributed by atoms with Crippen LogP contribution in [0.3, 0.4) is 0 Å². The molecule has 7 heteroatoms. The molecule has 1 aromatic heterocycles. The Hall–Kier alpha value is -2.36. The number of primary amides is 1. The Morgan fingerprint density at radius 3 is 2.59 bits per heavy atom. The fourth-order valence-electron chi connectivity index (χ4n) is 1.91. The van der Waals surface area contributed by atoms with Gasteiger partial charge in [-0.3, -0.25) is 14.2 Å². The van der Waals surface area contributed by atoms with Gasteiger partial charge in [-0.25, -0.2) is 0 Å². The largest absolute Gasteiger partial charge is 0.365 e. The number of hydrogen-bond acceptors (Lipinski definition) is 4. The predicted molar refractivity (Wildman–Crippen MR) is 86.7 cm³/mol. The second-order valence-electron chi connectivity index (χ2n) is 4.37. The Balaban J connectivity index is 2.79. The molecule has 22 heavy (non-hydrogen) atoms. The summed E-state index contributed by atoms with van der Waals surface area (Å²) in [5.74, 6) is -0.844. The van der Waals surface area contributed by atoms with Gasteiger partial charge in [0.15, 0.2) is 5.57 Å². The van der Waals surface area contributed by atoms with Gasteiger partial charge >= 0.3 is 0 Å². The first kappa shape index (κ1) is 16.0. The minimum absolute atomic E-state index is 0.209. The van der Waals surface area contributed by atoms with Crippen LogP contribution < -0.4 is 20.5 Å². The van der Waals surface area contributed by atoms with Crippen LogP contribution in [-0.2, 0) is 11.3 Å². The summed E-state index contributed by atoms with van der Waals surface area (Å²) in [6, 6.07) is 8.76. The maximum Gasteiger partial charge on any atom is 0.269 e. The van der Waals surface area contributed by atoms with E-state index in [1.54, 1.807) is 43.3 Å². The van der Waals surface area contributed by atoms with Gasteiger partial charge in [0.25, 0.3) is 11.5 Å². The van der Waals surface area contributed by atoms with Crippen molar-refractivity contribution in [3.63, 3.8) is 0 Å². The van der Waals surface area contributed by atoms with Crippen LogP contribution >= 0.6 is 22.9 Å². The fraction of sp³-hybridized carbons (Fsp3) is 0.133. The molecule has 0 aliphatic heterocycles. The van der Waals surface area contributed by atoms with E-state index in [1.165, 1.54) is 4.57 Å². The Labute approximate surface area is 135 Å². The summed E-state index contributed by atoms with van der Waals surface area (Å²) in [4.78, 5) is 23.7. The number of nitrogens with zero attached hydrogens (tertiary/aromatic N) is 2. The lowest BCUT2D eigenvalue weighted by Crippen LogP contribution is -2.33. The van der Waals surface area contributed by atoms with Crippen LogP contribution in [0.4, 0.5) is 0 Å². The van der Waals surface area contributed by atoms with Gasteiger partial charge in [0.05, 0.1) is 4.53 Å². The summed E-state index contributed by atoms with van der Waals surface area (Å²) in [5, 5.41) is 9.67. The van der Waals surface area contributed by atoms with Gasteiger partial charge in [0, 0.05) is 11.6 Å². The van der Waals surface area contributed by atoms with E-state index in [9.17, 15) is 9.59 Å². The van der Waals surface area contributed by atoms with E-state index in [4.69, 9.17) is 22.6 Å². The Morgan fingerprint density at radius 2 is 2.09 bits per heavy atom. The molecule has 0 radical (unpaired) electrons. The Kier molecular flexibility index (Phi) is 4.81. The van der Waals surface area contributed by atoms with Gasteiger partial charge in [-0.05, 0) is 30.7 Å². The van der Waals surface area contributed by atoms with Crippen molar-refractivity contribution in [3.8, 4) is 6.07 Å². The SMILES string of the molecule is CCn1c(=O)/c(=C/c2ccc(Cl)cc2)s/c1=C(/C#N)C(N)=O. The standard InChI is InChI=1S/C15H12ClN3O2S/c1-2-19-14(21)12(7-9-3-5-10(16)6-4-9)22-15(19)11(8-17)13(18)20/h3-7H,2H2,1H3,(H2,18,20)/b12-7-,15-11-. The van der Waals surface area contributed by atoms with Crippen LogP contribution in [0, 0.1) is 11.3 Å². The molecule has 2 rings (SSSR count). The number of carbonyl (C=O) groups excluding carboxylic acids is 1. The average Bonchev–Trinajstić information content (AvgIpc) is 2.78. The predicted octanol–water partition coefficient (Wildman–Crippen LogP) is 0.571. The van der Waals surface area contributed by atoms with Crippen molar-refractivity contribution in [1.82, 2.24) is 4.57 Å². The van der Waals surface area contributed by atoms with Crippen LogP contribution in [0.25, 0.3) is 11.6 Å². The van der Waals surface area contributed by atoms with Crippen LogP contribution in [0.2, 0.25) is 5.02 Å². The van der Waals surface area contributed by atoms with Crippen molar-refractivity contribution in [2.24, 2.45) is 5.73 Å². The molecule has 0 saturated heterocycles. The molecule has 0 aliphatic carbocycles. The number of benzene rings is 1. The maximum atomic E-state index is 12.4. The molecule has 2 N–H and O–H groups in total. The zero-order chi connectivity index (χ0) is 16.3. The topological polar surface area (TPSA) is 88.9 Å². The number of aromatic nitrogens is 1. The van der Waals surface area contributed by atoms with E-state index in [0.717, 1.165) is 16.9 Å². The first-order valence-corrected chi connectivity index (χ1v) is 7.58. The smallest absolute Gasteiger partial charge is 0.269 e. The molecule has 2 aromatic rings. The van der Waals surface area contributed by atoms with Gasteiger partial charge in [0.2, 0.25) is 0 Å². The third-order valence-electron chi connectivity index (χ3n) is 2.96. The van der Waals surface area contributed by atoms with Gasteiger partial charge in [0.1, 0.15) is 10.7 Å². The molecule has 0 atom stereocenters. The number of amides is 1. The fourth-order valence-corrected chi connectivity index (χ4v) is 3.21. The Morgan fingerprint density at radius 1 is 1.45 bits per heavy atom. The van der Waals surface area contributed by atoms with E-state index < -0.39 is 5.91 Å². The van der Waals surface area contributed by atoms with Crippen molar-refractivity contribution in [2.45, 2.75) is 13.5 Å². The summed E-state index contributed by atoms with van der Waals surface area (Å²) in [6.45, 7) is 2.11. The first-order valence-electron chi connectivity index (χ1n) is 6.39. The normalized spacial score (nSPS) is 12.9. The van der Waals surface area contributed by atoms with Crippen LogP contribution in [0.5, 0.6) is 0 Å². The van der Waals surface area contributed by atoms with Crippen molar-refractivity contribution >= 4 is 40.5 Å². The molecular weight excluding hydrogens is 322 g/mol. The molecule has 1 aromatic carbocycles. The van der Waals surface area contributed by atoms with Crippen molar-refractivity contribution in [1.29, 1.82) is 5.26 Å². The maximum absolute atomic E-state index is 12.4.